The van der Waals surface area contributed by atoms with Gasteiger partial charge in [-0.3, -0.25) is 5.32 Å². The molecule has 0 aliphatic carbocycles. The van der Waals surface area contributed by atoms with Crippen molar-refractivity contribution < 1.29 is 29.3 Å². The smallest absolute Gasteiger partial charge is 0.412 e. The number of aliphatic hydroxyl groups is 1. The Morgan fingerprint density at radius 2 is 1.88 bits per heavy atom. The molecule has 1 atom stereocenters. The molecule has 0 aliphatic rings. The Balaban J connectivity index is 2.28. The molecule has 0 radical (unpaired) electrons. The number of rotatable bonds is 11. The number of nitriles is 1. The number of hydrogen-bond donors (Lipinski definition) is 3. The van der Waals surface area contributed by atoms with Gasteiger partial charge >= 0.3 is 12.1 Å². The summed E-state index contributed by atoms with van der Waals surface area (Å²) in [6.45, 7) is 3.76. The Labute approximate surface area is 193 Å². The molecule has 1 amide bonds. The van der Waals surface area contributed by atoms with Gasteiger partial charge in [-0.05, 0) is 43.2 Å². The van der Waals surface area contributed by atoms with Crippen LogP contribution in [0.15, 0.2) is 60.7 Å². The first-order valence-corrected chi connectivity index (χ1v) is 10.5. The predicted molar refractivity (Wildman–Crippen MR) is 123 cm³/mol. The number of anilines is 1. The minimum atomic E-state index is -1.02. The molecule has 33 heavy (non-hydrogen) atoms. The Morgan fingerprint density at radius 1 is 1.18 bits per heavy atom. The molecule has 2 rings (SSSR count). The monoisotopic (exact) mass is 452 g/mol. The predicted octanol–water partition coefficient (Wildman–Crippen LogP) is 4.67. The molecule has 0 bridgehead atoms. The molecule has 0 saturated carbocycles. The number of nitrogens with zero attached hydrogens (tertiary/aromatic N) is 1. The van der Waals surface area contributed by atoms with Crippen LogP contribution in [0.4, 0.5) is 10.5 Å². The van der Waals surface area contributed by atoms with E-state index in [1.165, 1.54) is 0 Å². The molecule has 0 fully saturated rings. The van der Waals surface area contributed by atoms with Gasteiger partial charge in [0.05, 0.1) is 18.2 Å². The summed E-state index contributed by atoms with van der Waals surface area (Å²) in [5, 5.41) is 29.6. The molecule has 0 aliphatic heterocycles. The summed E-state index contributed by atoms with van der Waals surface area (Å²) in [4.78, 5) is 23.5. The van der Waals surface area contributed by atoms with Crippen molar-refractivity contribution in [3.05, 3.63) is 71.8 Å². The van der Waals surface area contributed by atoms with Gasteiger partial charge in [-0.25, -0.2) is 9.59 Å². The first-order chi connectivity index (χ1) is 15.8. The normalized spacial score (nSPS) is 12.1. The molecular weight excluding hydrogens is 424 g/mol. The third kappa shape index (κ3) is 7.98. The SMILES string of the molecule is CC(C)(CC/C=C/C(=O)O)[C@H](OC(=O)Nc1ccc(C#N)cc1)c1ccccc1OCCO. The van der Waals surface area contributed by atoms with E-state index in [1.807, 2.05) is 19.9 Å². The number of aliphatic carboxylic acids is 1. The fraction of sp³-hybridized carbons (Fsp3) is 0.320. The quantitative estimate of drug-likeness (QED) is 0.423. The number of allylic oxidation sites excluding steroid dienone is 1. The number of carbonyl (C=O) groups excluding carboxylic acids is 1. The molecular formula is C25H28N2O6. The lowest BCUT2D eigenvalue weighted by molar-refractivity contribution is -0.131. The number of para-hydroxylation sites is 1. The van der Waals surface area contributed by atoms with Crippen LogP contribution in [0.2, 0.25) is 0 Å². The van der Waals surface area contributed by atoms with E-state index in [0.717, 1.165) is 6.08 Å². The van der Waals surface area contributed by atoms with Crippen molar-refractivity contribution in [1.29, 1.82) is 5.26 Å². The first-order valence-electron chi connectivity index (χ1n) is 10.5. The average molecular weight is 453 g/mol. The Morgan fingerprint density at radius 3 is 2.52 bits per heavy atom. The standard InChI is InChI=1S/C25H28N2O6/c1-25(2,14-6-5-9-22(29)30)23(20-7-3-4-8-21(20)32-16-15-28)33-24(31)27-19-12-10-18(17-26)11-13-19/h3-5,7-13,23,28H,6,14-16H2,1-2H3,(H,27,31)(H,29,30)/b9-5+/t23-/m1/s1. The van der Waals surface area contributed by atoms with Crippen molar-refractivity contribution in [2.75, 3.05) is 18.5 Å². The molecule has 174 valence electrons. The molecule has 0 aromatic heterocycles. The number of carbonyl (C=O) groups is 2. The molecule has 8 nitrogen and oxygen atoms in total. The van der Waals surface area contributed by atoms with Crippen molar-refractivity contribution in [2.45, 2.75) is 32.8 Å². The Bertz CT molecular complexity index is 1010. The third-order valence-electron chi connectivity index (χ3n) is 4.96. The van der Waals surface area contributed by atoms with E-state index in [9.17, 15) is 9.59 Å². The van der Waals surface area contributed by atoms with Gasteiger partial charge in [0.2, 0.25) is 0 Å². The zero-order valence-corrected chi connectivity index (χ0v) is 18.7. The van der Waals surface area contributed by atoms with Crippen LogP contribution in [0.1, 0.15) is 43.9 Å². The van der Waals surface area contributed by atoms with Crippen LogP contribution in [-0.4, -0.2) is 35.5 Å². The summed E-state index contributed by atoms with van der Waals surface area (Å²) < 4.78 is 11.5. The molecule has 0 unspecified atom stereocenters. The van der Waals surface area contributed by atoms with Crippen LogP contribution >= 0.6 is 0 Å². The van der Waals surface area contributed by atoms with E-state index in [-0.39, 0.29) is 13.2 Å². The van der Waals surface area contributed by atoms with E-state index in [1.54, 1.807) is 54.6 Å². The van der Waals surface area contributed by atoms with Crippen molar-refractivity contribution in [2.24, 2.45) is 5.41 Å². The molecule has 3 N–H and O–H groups in total. The maximum absolute atomic E-state index is 12.8. The second-order valence-corrected chi connectivity index (χ2v) is 7.98. The van der Waals surface area contributed by atoms with Crippen LogP contribution in [0, 0.1) is 16.7 Å². The molecule has 0 saturated heterocycles. The number of ether oxygens (including phenoxy) is 2. The molecule has 2 aromatic rings. The minimum Gasteiger partial charge on any atom is -0.491 e. The topological polar surface area (TPSA) is 129 Å². The van der Waals surface area contributed by atoms with Crippen molar-refractivity contribution in [3.8, 4) is 11.8 Å². The molecule has 0 heterocycles. The van der Waals surface area contributed by atoms with Gasteiger partial charge in [0.25, 0.3) is 0 Å². The van der Waals surface area contributed by atoms with Gasteiger partial charge in [0.1, 0.15) is 18.5 Å². The number of aliphatic hydroxyl groups excluding tert-OH is 1. The summed E-state index contributed by atoms with van der Waals surface area (Å²) in [7, 11) is 0. The highest BCUT2D eigenvalue weighted by Crippen LogP contribution is 2.44. The van der Waals surface area contributed by atoms with E-state index in [4.69, 9.17) is 24.9 Å². The molecule has 8 heteroatoms. The number of hydrogen-bond acceptors (Lipinski definition) is 6. The fourth-order valence-corrected chi connectivity index (χ4v) is 3.28. The number of benzene rings is 2. The average Bonchev–Trinajstić information content (AvgIpc) is 2.79. The first kappa shape index (κ1) is 25.4. The Kier molecular flexibility index (Phi) is 9.45. The van der Waals surface area contributed by atoms with Gasteiger partial charge in [0, 0.05) is 22.7 Å². The molecule has 0 spiro atoms. The van der Waals surface area contributed by atoms with Crippen LogP contribution in [0.5, 0.6) is 5.75 Å². The van der Waals surface area contributed by atoms with Crippen LogP contribution in [0.25, 0.3) is 0 Å². The lowest BCUT2D eigenvalue weighted by atomic mass is 9.78. The second kappa shape index (κ2) is 12.3. The summed E-state index contributed by atoms with van der Waals surface area (Å²) >= 11 is 0. The van der Waals surface area contributed by atoms with E-state index in [0.29, 0.717) is 35.4 Å². The lowest BCUT2D eigenvalue weighted by Crippen LogP contribution is -2.29. The number of amides is 1. The van der Waals surface area contributed by atoms with Gasteiger partial charge in [-0.2, -0.15) is 5.26 Å². The summed E-state index contributed by atoms with van der Waals surface area (Å²) in [5.41, 5.74) is 0.985. The van der Waals surface area contributed by atoms with Gasteiger partial charge in [-0.15, -0.1) is 0 Å². The van der Waals surface area contributed by atoms with E-state index < -0.39 is 23.6 Å². The van der Waals surface area contributed by atoms with Crippen LogP contribution < -0.4 is 10.1 Å². The van der Waals surface area contributed by atoms with Crippen LogP contribution in [-0.2, 0) is 9.53 Å². The van der Waals surface area contributed by atoms with Crippen molar-refractivity contribution in [3.63, 3.8) is 0 Å². The molecule has 2 aromatic carbocycles. The summed E-state index contributed by atoms with van der Waals surface area (Å²) in [6.07, 6.45) is 2.23. The van der Waals surface area contributed by atoms with Gasteiger partial charge < -0.3 is 19.7 Å². The zero-order chi connectivity index (χ0) is 24.3. The lowest BCUT2D eigenvalue weighted by Gasteiger charge is -2.35. The van der Waals surface area contributed by atoms with Crippen molar-refractivity contribution >= 4 is 17.7 Å². The summed E-state index contributed by atoms with van der Waals surface area (Å²) in [6, 6.07) is 15.5. The van der Waals surface area contributed by atoms with Crippen molar-refractivity contribution in [1.82, 2.24) is 0 Å². The highest BCUT2D eigenvalue weighted by Gasteiger charge is 2.35. The fourth-order valence-electron chi connectivity index (χ4n) is 3.28. The van der Waals surface area contributed by atoms with E-state index in [2.05, 4.69) is 5.32 Å². The maximum atomic E-state index is 12.8. The second-order valence-electron chi connectivity index (χ2n) is 7.98. The third-order valence-corrected chi connectivity index (χ3v) is 4.96. The zero-order valence-electron chi connectivity index (χ0n) is 18.7. The highest BCUT2D eigenvalue weighted by atomic mass is 16.6. The summed E-state index contributed by atoms with van der Waals surface area (Å²) in [5.74, 6) is -0.540. The van der Waals surface area contributed by atoms with Crippen LogP contribution in [0.3, 0.4) is 0 Å². The Hall–Kier alpha value is -3.83. The highest BCUT2D eigenvalue weighted by molar-refractivity contribution is 5.85. The van der Waals surface area contributed by atoms with E-state index >= 15 is 0 Å². The maximum Gasteiger partial charge on any atom is 0.412 e. The van der Waals surface area contributed by atoms with Gasteiger partial charge in [-0.1, -0.05) is 38.1 Å². The minimum absolute atomic E-state index is 0.0863. The number of carboxylic acids is 1. The van der Waals surface area contributed by atoms with Gasteiger partial charge in [0.15, 0.2) is 0 Å². The number of nitrogens with one attached hydrogen (secondary N) is 1. The largest absolute Gasteiger partial charge is 0.491 e. The number of carboxylic acid groups (broad SMARTS) is 1.